The van der Waals surface area contributed by atoms with Crippen molar-refractivity contribution in [3.8, 4) is 0 Å². The van der Waals surface area contributed by atoms with Crippen LogP contribution < -0.4 is 0 Å². The molecule has 74 valence electrons. The summed E-state index contributed by atoms with van der Waals surface area (Å²) in [5, 5.41) is 0. The molecule has 0 aromatic rings. The van der Waals surface area contributed by atoms with E-state index in [1.807, 2.05) is 0 Å². The summed E-state index contributed by atoms with van der Waals surface area (Å²) < 4.78 is 0. The maximum atomic E-state index is 4.05. The van der Waals surface area contributed by atoms with Crippen molar-refractivity contribution in [3.05, 3.63) is 47.9 Å². The topological polar surface area (TPSA) is 3.24 Å². The Morgan fingerprint density at radius 1 is 1.43 bits per heavy atom. The van der Waals surface area contributed by atoms with Gasteiger partial charge in [0.1, 0.15) is 0 Å². The molecular weight excluding hydrogens is 170 g/mol. The zero-order valence-electron chi connectivity index (χ0n) is 8.96. The summed E-state index contributed by atoms with van der Waals surface area (Å²) in [7, 11) is 2.09. The Morgan fingerprint density at radius 3 is 2.86 bits per heavy atom. The second-order valence-electron chi connectivity index (χ2n) is 4.00. The zero-order chi connectivity index (χ0) is 10.1. The lowest BCUT2D eigenvalue weighted by molar-refractivity contribution is 0.557. The predicted octanol–water partition coefficient (Wildman–Crippen LogP) is 3.24. The molecule has 0 spiro atoms. The van der Waals surface area contributed by atoms with Gasteiger partial charge in [0.15, 0.2) is 0 Å². The van der Waals surface area contributed by atoms with Crippen LogP contribution in [0.5, 0.6) is 0 Å². The van der Waals surface area contributed by atoms with Crippen molar-refractivity contribution < 1.29 is 0 Å². The monoisotopic (exact) mass is 187 g/mol. The van der Waals surface area contributed by atoms with Crippen LogP contribution in [0, 0.1) is 5.92 Å². The van der Waals surface area contributed by atoms with Crippen LogP contribution in [0.2, 0.25) is 0 Å². The van der Waals surface area contributed by atoms with Crippen molar-refractivity contribution >= 4 is 0 Å². The van der Waals surface area contributed by atoms with Crippen LogP contribution in [0.25, 0.3) is 0 Å². The highest BCUT2D eigenvalue weighted by Crippen LogP contribution is 2.33. The van der Waals surface area contributed by atoms with Crippen molar-refractivity contribution in [1.82, 2.24) is 4.90 Å². The molecular formula is C13H17N. The minimum Gasteiger partial charge on any atom is -0.348 e. The highest BCUT2D eigenvalue weighted by molar-refractivity contribution is 5.44. The van der Waals surface area contributed by atoms with Gasteiger partial charge in [-0.3, -0.25) is 0 Å². The van der Waals surface area contributed by atoms with Gasteiger partial charge in [0.05, 0.1) is 0 Å². The van der Waals surface area contributed by atoms with Gasteiger partial charge in [-0.15, -0.1) is 0 Å². The first-order valence-electron chi connectivity index (χ1n) is 5.23. The number of allylic oxidation sites excluding steroid dienone is 5. The lowest BCUT2D eigenvalue weighted by Crippen LogP contribution is -2.09. The predicted molar refractivity (Wildman–Crippen MR) is 60.6 cm³/mol. The lowest BCUT2D eigenvalue weighted by atomic mass is 10.1. The van der Waals surface area contributed by atoms with Crippen LogP contribution in [-0.2, 0) is 0 Å². The van der Waals surface area contributed by atoms with Gasteiger partial charge in [-0.05, 0) is 24.0 Å². The fourth-order valence-corrected chi connectivity index (χ4v) is 1.97. The zero-order valence-corrected chi connectivity index (χ0v) is 8.96. The van der Waals surface area contributed by atoms with E-state index in [1.165, 1.54) is 23.4 Å². The molecule has 1 unspecified atom stereocenters. The Hall–Kier alpha value is -1.24. The van der Waals surface area contributed by atoms with E-state index in [2.05, 4.69) is 49.8 Å². The second kappa shape index (κ2) is 3.49. The number of likely N-dealkylation sites (N-methyl/N-ethyl adjacent to an activating group) is 1. The second-order valence-corrected chi connectivity index (χ2v) is 4.00. The van der Waals surface area contributed by atoms with Crippen molar-refractivity contribution in [2.75, 3.05) is 7.05 Å². The summed E-state index contributed by atoms with van der Waals surface area (Å²) >= 11 is 0. The molecule has 2 aliphatic rings. The Morgan fingerprint density at radius 2 is 2.14 bits per heavy atom. The molecule has 14 heavy (non-hydrogen) atoms. The maximum absolute atomic E-state index is 4.05. The minimum atomic E-state index is 0.599. The highest BCUT2D eigenvalue weighted by atomic mass is 15.1. The molecule has 1 heteroatoms. The molecule has 0 amide bonds. The molecule has 1 aliphatic carbocycles. The summed E-state index contributed by atoms with van der Waals surface area (Å²) in [4.78, 5) is 2.19. The van der Waals surface area contributed by atoms with E-state index >= 15 is 0 Å². The van der Waals surface area contributed by atoms with E-state index in [0.717, 1.165) is 6.42 Å². The number of rotatable bonds is 1. The molecule has 0 saturated heterocycles. The van der Waals surface area contributed by atoms with Gasteiger partial charge >= 0.3 is 0 Å². The van der Waals surface area contributed by atoms with E-state index in [1.54, 1.807) is 0 Å². The van der Waals surface area contributed by atoms with E-state index in [-0.39, 0.29) is 0 Å². The third-order valence-electron chi connectivity index (χ3n) is 3.08. The normalized spacial score (nSPS) is 25.7. The van der Waals surface area contributed by atoms with Crippen molar-refractivity contribution in [2.24, 2.45) is 5.92 Å². The minimum absolute atomic E-state index is 0.599. The molecule has 0 saturated carbocycles. The number of hydrogen-bond donors (Lipinski definition) is 0. The number of nitrogens with zero attached hydrogens (tertiary/aromatic N) is 1. The van der Waals surface area contributed by atoms with Gasteiger partial charge in [0, 0.05) is 24.9 Å². The molecule has 1 heterocycles. The first kappa shape index (κ1) is 9.32. The molecule has 1 aliphatic heterocycles. The molecule has 2 rings (SSSR count). The highest BCUT2D eigenvalue weighted by Gasteiger charge is 2.20. The fourth-order valence-electron chi connectivity index (χ4n) is 1.97. The van der Waals surface area contributed by atoms with Crippen molar-refractivity contribution in [3.63, 3.8) is 0 Å². The van der Waals surface area contributed by atoms with Gasteiger partial charge in [0.2, 0.25) is 0 Å². The lowest BCUT2D eigenvalue weighted by Gasteiger charge is -2.14. The summed E-state index contributed by atoms with van der Waals surface area (Å²) in [5.74, 6) is 0.599. The molecule has 0 radical (unpaired) electrons. The van der Waals surface area contributed by atoms with E-state index in [9.17, 15) is 0 Å². The third-order valence-corrected chi connectivity index (χ3v) is 3.08. The summed E-state index contributed by atoms with van der Waals surface area (Å²) in [6, 6.07) is 0. The first-order chi connectivity index (χ1) is 6.72. The van der Waals surface area contributed by atoms with Crippen LogP contribution in [0.4, 0.5) is 0 Å². The molecule has 0 fully saturated rings. The van der Waals surface area contributed by atoms with Crippen molar-refractivity contribution in [1.29, 1.82) is 0 Å². The number of hydrogen-bond acceptors (Lipinski definition) is 1. The Labute approximate surface area is 86.1 Å². The average Bonchev–Trinajstić information content (AvgIpc) is 2.40. The van der Waals surface area contributed by atoms with Crippen LogP contribution in [0.3, 0.4) is 0 Å². The molecule has 0 aromatic carbocycles. The van der Waals surface area contributed by atoms with Gasteiger partial charge < -0.3 is 4.90 Å². The third kappa shape index (κ3) is 1.43. The quantitative estimate of drug-likeness (QED) is 0.609. The average molecular weight is 187 g/mol. The summed E-state index contributed by atoms with van der Waals surface area (Å²) in [6.07, 6.45) is 11.3. The Balaban J connectivity index is 2.30. The maximum Gasteiger partial charge on any atom is 0.0438 e. The van der Waals surface area contributed by atoms with Crippen LogP contribution in [0.15, 0.2) is 47.9 Å². The van der Waals surface area contributed by atoms with E-state index in [0.29, 0.717) is 5.92 Å². The van der Waals surface area contributed by atoms with Gasteiger partial charge in [-0.2, -0.15) is 0 Å². The summed E-state index contributed by atoms with van der Waals surface area (Å²) in [6.45, 7) is 6.27. The first-order valence-corrected chi connectivity index (χ1v) is 5.23. The molecule has 1 nitrogen and oxygen atoms in total. The van der Waals surface area contributed by atoms with E-state index < -0.39 is 0 Å². The fraction of sp³-hybridized carbons (Fsp3) is 0.385. The van der Waals surface area contributed by atoms with Crippen molar-refractivity contribution in [2.45, 2.75) is 19.8 Å². The van der Waals surface area contributed by atoms with Gasteiger partial charge in [-0.25, -0.2) is 0 Å². The van der Waals surface area contributed by atoms with Crippen LogP contribution in [-0.4, -0.2) is 11.9 Å². The summed E-state index contributed by atoms with van der Waals surface area (Å²) in [5.41, 5.74) is 3.92. The SMILES string of the molecule is C=C1CC2=C(C=CC(CC)C=C2)N1C. The standard InChI is InChI=1S/C13H17N/c1-4-11-5-7-12-9-10(2)14(3)13(12)8-6-11/h5-8,11H,2,4,9H2,1,3H3. The van der Waals surface area contributed by atoms with Gasteiger partial charge in [-0.1, -0.05) is 31.7 Å². The molecule has 0 N–H and O–H groups in total. The molecule has 0 aromatic heterocycles. The Bertz CT molecular complexity index is 344. The van der Waals surface area contributed by atoms with Gasteiger partial charge in [0.25, 0.3) is 0 Å². The van der Waals surface area contributed by atoms with E-state index in [4.69, 9.17) is 0 Å². The van der Waals surface area contributed by atoms with Crippen LogP contribution >= 0.6 is 0 Å². The smallest absolute Gasteiger partial charge is 0.0438 e. The molecule has 0 bridgehead atoms. The molecule has 1 atom stereocenters. The van der Waals surface area contributed by atoms with Crippen LogP contribution in [0.1, 0.15) is 19.8 Å². The Kier molecular flexibility index (Phi) is 2.32. The largest absolute Gasteiger partial charge is 0.348 e.